The molecule has 0 spiro atoms. The van der Waals surface area contributed by atoms with E-state index in [9.17, 15) is 0 Å². The number of H-pyrrole nitrogens is 1. The molecule has 0 bridgehead atoms. The Labute approximate surface area is 84.3 Å². The summed E-state index contributed by atoms with van der Waals surface area (Å²) in [6.07, 6.45) is 1.67. The highest BCUT2D eigenvalue weighted by molar-refractivity contribution is 6.48. The van der Waals surface area contributed by atoms with Crippen LogP contribution in [0.5, 0.6) is 0 Å². The highest BCUT2D eigenvalue weighted by atomic mass is 35.5. The summed E-state index contributed by atoms with van der Waals surface area (Å²) in [7, 11) is 0. The van der Waals surface area contributed by atoms with Gasteiger partial charge in [-0.15, -0.1) is 0 Å². The van der Waals surface area contributed by atoms with E-state index < -0.39 is 0 Å². The maximum absolute atomic E-state index is 5.68. The molecule has 1 aromatic rings. The largest absolute Gasteiger partial charge is 0.342 e. The first kappa shape index (κ1) is 12.0. The standard InChI is InChI=1S/C8H9ClN2.C2H6/c1-4-7-8(5(2)9)11-6(3)10-7;1-2/h4H,1-2H2,3H3,(H,10,11);1-2H3. The molecule has 0 amide bonds. The summed E-state index contributed by atoms with van der Waals surface area (Å²) in [5.41, 5.74) is 1.50. The van der Waals surface area contributed by atoms with E-state index in [4.69, 9.17) is 11.6 Å². The van der Waals surface area contributed by atoms with Crippen molar-refractivity contribution in [2.24, 2.45) is 0 Å². The van der Waals surface area contributed by atoms with Crippen LogP contribution in [0, 0.1) is 6.92 Å². The second-order valence-corrected chi connectivity index (χ2v) is 2.65. The van der Waals surface area contributed by atoms with Crippen LogP contribution in [0.3, 0.4) is 0 Å². The van der Waals surface area contributed by atoms with E-state index >= 15 is 0 Å². The number of rotatable bonds is 2. The highest BCUT2D eigenvalue weighted by Gasteiger charge is 2.05. The van der Waals surface area contributed by atoms with Gasteiger partial charge in [0.1, 0.15) is 11.5 Å². The lowest BCUT2D eigenvalue weighted by molar-refractivity contribution is 1.14. The molecule has 0 aliphatic heterocycles. The Morgan fingerprint density at radius 3 is 2.38 bits per heavy atom. The van der Waals surface area contributed by atoms with Crippen LogP contribution in [0.2, 0.25) is 0 Å². The van der Waals surface area contributed by atoms with Gasteiger partial charge in [-0.1, -0.05) is 38.6 Å². The van der Waals surface area contributed by atoms with E-state index in [1.165, 1.54) is 0 Å². The minimum atomic E-state index is 0.434. The van der Waals surface area contributed by atoms with Crippen molar-refractivity contribution in [1.82, 2.24) is 9.97 Å². The fourth-order valence-corrected chi connectivity index (χ4v) is 1.01. The summed E-state index contributed by atoms with van der Waals surface area (Å²) >= 11 is 5.68. The Morgan fingerprint density at radius 1 is 1.54 bits per heavy atom. The summed E-state index contributed by atoms with van der Waals surface area (Å²) in [5.74, 6) is 0.816. The van der Waals surface area contributed by atoms with Crippen molar-refractivity contribution >= 4 is 22.7 Å². The smallest absolute Gasteiger partial charge is 0.107 e. The SMILES string of the molecule is C=Cc1[nH]c(C)nc1C(=C)Cl.CC. The molecule has 0 fully saturated rings. The molecular weight excluding hydrogens is 184 g/mol. The number of halogens is 1. The fourth-order valence-electron chi connectivity index (χ4n) is 0.864. The summed E-state index contributed by atoms with van der Waals surface area (Å²) < 4.78 is 0. The van der Waals surface area contributed by atoms with Crippen LogP contribution >= 0.6 is 11.6 Å². The van der Waals surface area contributed by atoms with Crippen LogP contribution in [-0.2, 0) is 0 Å². The predicted octanol–water partition coefficient (Wildman–Crippen LogP) is 3.60. The van der Waals surface area contributed by atoms with Gasteiger partial charge in [0, 0.05) is 0 Å². The molecule has 0 unspecified atom stereocenters. The van der Waals surface area contributed by atoms with Gasteiger partial charge in [0.15, 0.2) is 0 Å². The number of hydrogen-bond donors (Lipinski definition) is 1. The molecule has 3 heteroatoms. The maximum atomic E-state index is 5.68. The molecule has 0 saturated carbocycles. The van der Waals surface area contributed by atoms with Crippen molar-refractivity contribution in [3.05, 3.63) is 30.4 Å². The molecular formula is C10H15ClN2. The Balaban J connectivity index is 0.000000671. The first-order valence-electron chi connectivity index (χ1n) is 4.19. The molecule has 0 atom stereocenters. The second kappa shape index (κ2) is 5.60. The Hall–Kier alpha value is -1.02. The molecule has 0 radical (unpaired) electrons. The second-order valence-electron chi connectivity index (χ2n) is 2.19. The van der Waals surface area contributed by atoms with Gasteiger partial charge in [-0.05, 0) is 13.0 Å². The topological polar surface area (TPSA) is 28.7 Å². The molecule has 1 rings (SSSR count). The summed E-state index contributed by atoms with van der Waals surface area (Å²) in [5, 5.41) is 0.434. The lowest BCUT2D eigenvalue weighted by Crippen LogP contribution is -1.78. The quantitative estimate of drug-likeness (QED) is 0.773. The Bertz CT molecular complexity index is 300. The van der Waals surface area contributed by atoms with Gasteiger partial charge in [-0.2, -0.15) is 0 Å². The Kier molecular flexibility index (Phi) is 5.16. The van der Waals surface area contributed by atoms with Crippen LogP contribution in [0.4, 0.5) is 0 Å². The van der Waals surface area contributed by atoms with E-state index in [0.717, 1.165) is 11.5 Å². The third kappa shape index (κ3) is 3.07. The summed E-state index contributed by atoms with van der Waals surface area (Å²) in [4.78, 5) is 7.12. The number of nitrogens with one attached hydrogen (secondary N) is 1. The van der Waals surface area contributed by atoms with Gasteiger partial charge in [-0.25, -0.2) is 4.98 Å². The monoisotopic (exact) mass is 198 g/mol. The van der Waals surface area contributed by atoms with Gasteiger partial charge in [0.05, 0.1) is 10.7 Å². The van der Waals surface area contributed by atoms with Crippen LogP contribution < -0.4 is 0 Å². The van der Waals surface area contributed by atoms with Crippen molar-refractivity contribution in [2.45, 2.75) is 20.8 Å². The van der Waals surface area contributed by atoms with Crippen molar-refractivity contribution in [2.75, 3.05) is 0 Å². The van der Waals surface area contributed by atoms with Gasteiger partial charge < -0.3 is 4.98 Å². The van der Waals surface area contributed by atoms with Gasteiger partial charge in [-0.3, -0.25) is 0 Å². The zero-order valence-electron chi connectivity index (χ0n) is 8.32. The lowest BCUT2D eigenvalue weighted by atomic mass is 10.3. The number of hydrogen-bond acceptors (Lipinski definition) is 1. The third-order valence-electron chi connectivity index (χ3n) is 1.31. The van der Waals surface area contributed by atoms with E-state index in [1.54, 1.807) is 6.08 Å². The summed E-state index contributed by atoms with van der Waals surface area (Å²) in [6, 6.07) is 0. The van der Waals surface area contributed by atoms with E-state index in [-0.39, 0.29) is 0 Å². The molecule has 0 saturated heterocycles. The number of aryl methyl sites for hydroxylation is 1. The molecule has 1 N–H and O–H groups in total. The average molecular weight is 199 g/mol. The first-order valence-corrected chi connectivity index (χ1v) is 4.56. The highest BCUT2D eigenvalue weighted by Crippen LogP contribution is 2.19. The van der Waals surface area contributed by atoms with Crippen molar-refractivity contribution in [3.8, 4) is 0 Å². The van der Waals surface area contributed by atoms with Gasteiger partial charge in [0.25, 0.3) is 0 Å². The molecule has 0 aliphatic rings. The number of aromatic nitrogens is 2. The number of aromatic amines is 1. The maximum Gasteiger partial charge on any atom is 0.107 e. The zero-order chi connectivity index (χ0) is 10.4. The first-order chi connectivity index (χ1) is 6.15. The molecule has 13 heavy (non-hydrogen) atoms. The summed E-state index contributed by atoms with van der Waals surface area (Å²) in [6.45, 7) is 13.1. The minimum Gasteiger partial charge on any atom is -0.342 e. The van der Waals surface area contributed by atoms with Crippen LogP contribution in [0.1, 0.15) is 31.1 Å². The van der Waals surface area contributed by atoms with Gasteiger partial charge >= 0.3 is 0 Å². The van der Waals surface area contributed by atoms with Crippen molar-refractivity contribution in [3.63, 3.8) is 0 Å². The van der Waals surface area contributed by atoms with Gasteiger partial charge in [0.2, 0.25) is 0 Å². The number of nitrogens with zero attached hydrogens (tertiary/aromatic N) is 1. The van der Waals surface area contributed by atoms with Crippen molar-refractivity contribution < 1.29 is 0 Å². The molecule has 1 aromatic heterocycles. The predicted molar refractivity (Wildman–Crippen MR) is 59.7 cm³/mol. The average Bonchev–Trinajstić information content (AvgIpc) is 2.50. The van der Waals surface area contributed by atoms with E-state index in [2.05, 4.69) is 23.1 Å². The number of imidazole rings is 1. The zero-order valence-corrected chi connectivity index (χ0v) is 9.07. The third-order valence-corrected chi connectivity index (χ3v) is 1.49. The molecule has 0 aromatic carbocycles. The molecule has 0 aliphatic carbocycles. The normalized spacial score (nSPS) is 8.62. The van der Waals surface area contributed by atoms with Crippen LogP contribution in [-0.4, -0.2) is 9.97 Å². The van der Waals surface area contributed by atoms with Crippen LogP contribution in [0.25, 0.3) is 11.1 Å². The lowest BCUT2D eigenvalue weighted by Gasteiger charge is -1.90. The molecule has 2 nitrogen and oxygen atoms in total. The van der Waals surface area contributed by atoms with Crippen LogP contribution in [0.15, 0.2) is 13.2 Å². The minimum absolute atomic E-state index is 0.434. The molecule has 1 heterocycles. The Morgan fingerprint density at radius 2 is 2.08 bits per heavy atom. The van der Waals surface area contributed by atoms with Crippen molar-refractivity contribution in [1.29, 1.82) is 0 Å². The van der Waals surface area contributed by atoms with E-state index in [0.29, 0.717) is 10.7 Å². The molecule has 72 valence electrons. The van der Waals surface area contributed by atoms with E-state index in [1.807, 2.05) is 20.8 Å². The fraction of sp³-hybridized carbons (Fsp3) is 0.300.